The minimum absolute atomic E-state index is 0.0178. The number of thiazole rings is 1. The fourth-order valence-corrected chi connectivity index (χ4v) is 4.12. The predicted molar refractivity (Wildman–Crippen MR) is 83.9 cm³/mol. The van der Waals surface area contributed by atoms with Gasteiger partial charge in [-0.05, 0) is 18.8 Å². The molecule has 3 heterocycles. The van der Waals surface area contributed by atoms with Gasteiger partial charge in [-0.2, -0.15) is 4.98 Å². The maximum atomic E-state index is 12.3. The molecule has 1 aliphatic carbocycles. The second-order valence-corrected chi connectivity index (χ2v) is 7.34. The van der Waals surface area contributed by atoms with Crippen molar-refractivity contribution in [3.63, 3.8) is 0 Å². The van der Waals surface area contributed by atoms with Crippen LogP contribution in [0.4, 0.5) is 5.95 Å². The zero-order valence-electron chi connectivity index (χ0n) is 12.2. The molecule has 1 saturated heterocycles. The zero-order chi connectivity index (χ0) is 15.4. The largest absolute Gasteiger partial charge is 0.369 e. The summed E-state index contributed by atoms with van der Waals surface area (Å²) in [5, 5.41) is 0. The normalized spacial score (nSPS) is 28.5. The molecule has 22 heavy (non-hydrogen) atoms. The van der Waals surface area contributed by atoms with Crippen LogP contribution < -0.4 is 16.2 Å². The van der Waals surface area contributed by atoms with Gasteiger partial charge in [-0.25, -0.2) is 0 Å². The van der Waals surface area contributed by atoms with Crippen LogP contribution in [0.25, 0.3) is 10.3 Å². The van der Waals surface area contributed by atoms with E-state index in [9.17, 15) is 9.59 Å². The van der Waals surface area contributed by atoms with Gasteiger partial charge in [0.15, 0.2) is 5.65 Å². The minimum atomic E-state index is -0.372. The summed E-state index contributed by atoms with van der Waals surface area (Å²) in [4.78, 5) is 30.6. The van der Waals surface area contributed by atoms with Gasteiger partial charge in [-0.1, -0.05) is 31.1 Å². The predicted octanol–water partition coefficient (Wildman–Crippen LogP) is 1.45. The van der Waals surface area contributed by atoms with Crippen LogP contribution in [0.1, 0.15) is 38.8 Å². The first-order chi connectivity index (χ1) is 10.5. The van der Waals surface area contributed by atoms with Crippen molar-refractivity contribution in [3.05, 3.63) is 20.0 Å². The van der Waals surface area contributed by atoms with E-state index < -0.39 is 0 Å². The lowest BCUT2D eigenvalue weighted by Gasteiger charge is -2.17. The lowest BCUT2D eigenvalue weighted by Crippen LogP contribution is -2.24. The van der Waals surface area contributed by atoms with Crippen molar-refractivity contribution in [1.82, 2.24) is 14.5 Å². The summed E-state index contributed by atoms with van der Waals surface area (Å²) in [6.07, 6.45) is 4.39. The second kappa shape index (κ2) is 4.92. The Morgan fingerprint density at radius 1 is 1.45 bits per heavy atom. The van der Waals surface area contributed by atoms with Gasteiger partial charge in [0.25, 0.3) is 5.56 Å². The molecule has 0 radical (unpaired) electrons. The summed E-state index contributed by atoms with van der Waals surface area (Å²) in [5.74, 6) is 1.01. The number of nitrogen functional groups attached to an aromatic ring is 1. The van der Waals surface area contributed by atoms with Crippen molar-refractivity contribution in [2.24, 2.45) is 11.8 Å². The molecule has 0 spiro atoms. The molecule has 2 aromatic rings. The highest BCUT2D eigenvalue weighted by Gasteiger charge is 2.38. The third kappa shape index (κ3) is 2.26. The molecule has 2 unspecified atom stereocenters. The van der Waals surface area contributed by atoms with Crippen LogP contribution in [0.15, 0.2) is 9.59 Å². The highest BCUT2D eigenvalue weighted by molar-refractivity contribution is 7.16. The van der Waals surface area contributed by atoms with E-state index in [1.54, 1.807) is 0 Å². The third-order valence-corrected chi connectivity index (χ3v) is 5.44. The molecule has 3 atom stereocenters. The zero-order valence-corrected chi connectivity index (χ0v) is 13.1. The number of hydrogen-bond acceptors (Lipinski definition) is 6. The van der Waals surface area contributed by atoms with E-state index in [-0.39, 0.29) is 34.6 Å². The maximum absolute atomic E-state index is 12.3. The minimum Gasteiger partial charge on any atom is -0.369 e. The van der Waals surface area contributed by atoms with E-state index in [1.165, 1.54) is 17.4 Å². The van der Waals surface area contributed by atoms with E-state index in [0.717, 1.165) is 30.1 Å². The van der Waals surface area contributed by atoms with Gasteiger partial charge in [0.05, 0.1) is 6.10 Å². The molecule has 3 N–H and O–H groups in total. The summed E-state index contributed by atoms with van der Waals surface area (Å²) in [7, 11) is 0. The molecule has 1 saturated carbocycles. The summed E-state index contributed by atoms with van der Waals surface area (Å²) in [6.45, 7) is 2.07. The first-order valence-corrected chi connectivity index (χ1v) is 8.41. The number of H-pyrrole nitrogens is 1. The Morgan fingerprint density at radius 3 is 2.95 bits per heavy atom. The van der Waals surface area contributed by atoms with Gasteiger partial charge in [-0.3, -0.25) is 19.1 Å². The van der Waals surface area contributed by atoms with Crippen LogP contribution in [0, 0.1) is 11.8 Å². The number of hydrogen-bond donors (Lipinski definition) is 2. The molecule has 4 rings (SSSR count). The molecule has 0 amide bonds. The monoisotopic (exact) mass is 322 g/mol. The number of rotatable bonds is 3. The molecule has 1 aliphatic heterocycles. The topological polar surface area (TPSA) is 103 Å². The van der Waals surface area contributed by atoms with Crippen LogP contribution in [-0.4, -0.2) is 20.6 Å². The number of anilines is 1. The number of aromatic nitrogens is 3. The Balaban J connectivity index is 1.75. The van der Waals surface area contributed by atoms with Crippen LogP contribution in [0.3, 0.4) is 0 Å². The van der Waals surface area contributed by atoms with Crippen molar-refractivity contribution in [1.29, 1.82) is 0 Å². The molecule has 118 valence electrons. The Morgan fingerprint density at radius 2 is 2.23 bits per heavy atom. The van der Waals surface area contributed by atoms with Crippen LogP contribution in [-0.2, 0) is 4.74 Å². The van der Waals surface area contributed by atoms with Crippen molar-refractivity contribution >= 4 is 27.6 Å². The lowest BCUT2D eigenvalue weighted by atomic mass is 10.0. The van der Waals surface area contributed by atoms with E-state index in [2.05, 4.69) is 16.9 Å². The van der Waals surface area contributed by atoms with E-state index in [1.807, 2.05) is 0 Å². The number of fused-ring (bicyclic) bond motifs is 1. The first kappa shape index (κ1) is 14.0. The van der Waals surface area contributed by atoms with E-state index in [0.29, 0.717) is 10.3 Å². The summed E-state index contributed by atoms with van der Waals surface area (Å²) < 4.78 is 7.92. The van der Waals surface area contributed by atoms with Crippen LogP contribution in [0.5, 0.6) is 0 Å². The number of aromatic amines is 1. The third-order valence-electron chi connectivity index (χ3n) is 4.49. The average Bonchev–Trinajstić information content (AvgIpc) is 3.09. The quantitative estimate of drug-likeness (QED) is 0.890. The molecular formula is C14H18N4O3S. The highest BCUT2D eigenvalue weighted by Crippen LogP contribution is 2.42. The van der Waals surface area contributed by atoms with E-state index >= 15 is 0 Å². The standard InChI is InChI=1S/C14H18N4O3S/c1-6-4-8(5-7-2-3-7)21-12(6)18-10-9(22-14(18)20)11(19)17-13(15)16-10/h6-8,12H,2-5H2,1H3,(H3,15,16,17,19)/t6-,8?,12?/m1/s1. The Kier molecular flexibility index (Phi) is 3.12. The summed E-state index contributed by atoms with van der Waals surface area (Å²) in [6, 6.07) is 0. The van der Waals surface area contributed by atoms with Crippen molar-refractivity contribution in [2.75, 3.05) is 5.73 Å². The van der Waals surface area contributed by atoms with Crippen LogP contribution in [0.2, 0.25) is 0 Å². The Bertz CT molecular complexity index is 835. The Labute approximate surface area is 130 Å². The van der Waals surface area contributed by atoms with Gasteiger partial charge < -0.3 is 10.5 Å². The van der Waals surface area contributed by atoms with Crippen LogP contribution >= 0.6 is 11.3 Å². The molecule has 0 aromatic carbocycles. The maximum Gasteiger partial charge on any atom is 0.311 e. The second-order valence-electron chi connectivity index (χ2n) is 6.38. The highest BCUT2D eigenvalue weighted by atomic mass is 32.1. The average molecular weight is 322 g/mol. The van der Waals surface area contributed by atoms with Gasteiger partial charge in [0, 0.05) is 5.92 Å². The summed E-state index contributed by atoms with van der Waals surface area (Å²) in [5.41, 5.74) is 5.58. The van der Waals surface area contributed by atoms with Gasteiger partial charge in [0.1, 0.15) is 10.9 Å². The number of nitrogens with two attached hydrogens (primary N) is 1. The molecule has 0 bridgehead atoms. The van der Waals surface area contributed by atoms with E-state index in [4.69, 9.17) is 10.5 Å². The van der Waals surface area contributed by atoms with Crippen molar-refractivity contribution < 1.29 is 4.74 Å². The van der Waals surface area contributed by atoms with Gasteiger partial charge >= 0.3 is 4.87 Å². The Hall–Kier alpha value is -1.67. The fraction of sp³-hybridized carbons (Fsp3) is 0.643. The molecule has 8 heteroatoms. The molecule has 2 fully saturated rings. The van der Waals surface area contributed by atoms with Crippen molar-refractivity contribution in [3.8, 4) is 0 Å². The fourth-order valence-electron chi connectivity index (χ4n) is 3.28. The first-order valence-electron chi connectivity index (χ1n) is 7.59. The molecule has 7 nitrogen and oxygen atoms in total. The number of ether oxygens (including phenoxy) is 1. The smallest absolute Gasteiger partial charge is 0.311 e. The van der Waals surface area contributed by atoms with Gasteiger partial charge in [0.2, 0.25) is 5.95 Å². The van der Waals surface area contributed by atoms with Crippen molar-refractivity contribution in [2.45, 2.75) is 44.9 Å². The molecule has 2 aliphatic rings. The summed E-state index contributed by atoms with van der Waals surface area (Å²) >= 11 is 0.896. The number of nitrogens with zero attached hydrogens (tertiary/aromatic N) is 2. The SMILES string of the molecule is C[C@@H]1CC(CC2CC2)OC1n1c(=O)sc2c(=O)[nH]c(N)nc21. The lowest BCUT2D eigenvalue weighted by molar-refractivity contribution is -0.0139. The molecule has 2 aromatic heterocycles. The number of nitrogens with one attached hydrogen (secondary N) is 1. The molecular weight excluding hydrogens is 304 g/mol. The van der Waals surface area contributed by atoms with Gasteiger partial charge in [-0.15, -0.1) is 0 Å².